The average Bonchev–Trinajstić information content (AvgIpc) is 2.74. The average molecular weight is 418 g/mol. The molecule has 1 fully saturated rings. The summed E-state index contributed by atoms with van der Waals surface area (Å²) < 4.78 is 38.9. The second-order valence-electron chi connectivity index (χ2n) is 7.40. The summed E-state index contributed by atoms with van der Waals surface area (Å²) in [6.07, 6.45) is 3.70. The number of hydrogen-bond acceptors (Lipinski definition) is 6. The van der Waals surface area contributed by atoms with Crippen molar-refractivity contribution in [3.05, 3.63) is 42.5 Å². The second-order valence-corrected chi connectivity index (χ2v) is 9.09. The highest BCUT2D eigenvalue weighted by atomic mass is 32.2. The van der Waals surface area contributed by atoms with Gasteiger partial charge in [-0.25, -0.2) is 8.42 Å². The zero-order valence-corrected chi connectivity index (χ0v) is 17.4. The number of piperidine rings is 1. The Morgan fingerprint density at radius 3 is 2.76 bits per heavy atom. The first-order chi connectivity index (χ1) is 14.0. The normalized spacial score (nSPS) is 19.2. The number of sulfonamides is 1. The molecule has 2 aliphatic rings. The fourth-order valence-electron chi connectivity index (χ4n) is 3.85. The van der Waals surface area contributed by atoms with E-state index in [2.05, 4.69) is 14.9 Å². The van der Waals surface area contributed by atoms with Gasteiger partial charge in [-0.2, -0.15) is 0 Å². The lowest BCUT2D eigenvalue weighted by Gasteiger charge is -2.35. The predicted octanol–water partition coefficient (Wildman–Crippen LogP) is 2.84. The monoisotopic (exact) mass is 417 g/mol. The first kappa shape index (κ1) is 19.8. The molecule has 0 aliphatic carbocycles. The van der Waals surface area contributed by atoms with Crippen LogP contribution in [0.15, 0.2) is 47.4 Å². The predicted molar refractivity (Wildman–Crippen MR) is 114 cm³/mol. The van der Waals surface area contributed by atoms with Crippen LogP contribution < -0.4 is 24.4 Å². The molecule has 2 heterocycles. The van der Waals surface area contributed by atoms with Gasteiger partial charge in [0.05, 0.1) is 29.9 Å². The summed E-state index contributed by atoms with van der Waals surface area (Å²) in [5.41, 5.74) is 1.49. The maximum atomic E-state index is 12.7. The summed E-state index contributed by atoms with van der Waals surface area (Å²) >= 11 is 0. The van der Waals surface area contributed by atoms with Crippen molar-refractivity contribution in [3.63, 3.8) is 0 Å². The smallest absolute Gasteiger partial charge is 0.261 e. The lowest BCUT2D eigenvalue weighted by molar-refractivity contribution is 0.300. The first-order valence-corrected chi connectivity index (χ1v) is 11.5. The van der Waals surface area contributed by atoms with Crippen molar-refractivity contribution in [2.45, 2.75) is 30.2 Å². The Morgan fingerprint density at radius 1 is 1.21 bits per heavy atom. The lowest BCUT2D eigenvalue weighted by Crippen LogP contribution is -2.46. The molecule has 2 aromatic carbocycles. The Labute approximate surface area is 172 Å². The van der Waals surface area contributed by atoms with E-state index in [1.54, 1.807) is 31.4 Å². The molecule has 156 valence electrons. The molecular weight excluding hydrogens is 390 g/mol. The van der Waals surface area contributed by atoms with Gasteiger partial charge in [-0.15, -0.1) is 0 Å². The summed E-state index contributed by atoms with van der Waals surface area (Å²) in [4.78, 5) is 2.51. The maximum Gasteiger partial charge on any atom is 0.261 e. The van der Waals surface area contributed by atoms with Crippen molar-refractivity contribution < 1.29 is 17.9 Å². The summed E-state index contributed by atoms with van der Waals surface area (Å²) in [7, 11) is -2.14. The van der Waals surface area contributed by atoms with Gasteiger partial charge in [0.1, 0.15) is 18.1 Å². The molecule has 0 aromatic heterocycles. The Balaban J connectivity index is 1.49. The van der Waals surface area contributed by atoms with E-state index in [0.29, 0.717) is 29.8 Å². The quantitative estimate of drug-likeness (QED) is 0.752. The molecular formula is C21H27N3O4S. The summed E-state index contributed by atoms with van der Waals surface area (Å²) in [5.74, 6) is 1.32. The van der Waals surface area contributed by atoms with Gasteiger partial charge in [0.2, 0.25) is 0 Å². The number of anilines is 2. The zero-order chi connectivity index (χ0) is 20.3. The molecule has 4 rings (SSSR count). The number of nitrogens with one attached hydrogen (secondary N) is 2. The lowest BCUT2D eigenvalue weighted by atomic mass is 10.0. The van der Waals surface area contributed by atoms with Gasteiger partial charge >= 0.3 is 0 Å². The minimum atomic E-state index is -3.69. The van der Waals surface area contributed by atoms with Gasteiger partial charge in [0, 0.05) is 18.7 Å². The molecule has 0 bridgehead atoms. The number of ether oxygens (including phenoxy) is 2. The van der Waals surface area contributed by atoms with Crippen LogP contribution in [-0.4, -0.2) is 47.8 Å². The molecule has 1 atom stereocenters. The fourth-order valence-corrected chi connectivity index (χ4v) is 4.89. The van der Waals surface area contributed by atoms with Crippen molar-refractivity contribution in [2.75, 3.05) is 43.0 Å². The highest BCUT2D eigenvalue weighted by molar-refractivity contribution is 7.92. The zero-order valence-electron chi connectivity index (χ0n) is 16.6. The van der Waals surface area contributed by atoms with Crippen LogP contribution in [0.3, 0.4) is 0 Å². The number of rotatable bonds is 6. The van der Waals surface area contributed by atoms with Gasteiger partial charge in [0.25, 0.3) is 10.0 Å². The summed E-state index contributed by atoms with van der Waals surface area (Å²) in [6, 6.07) is 12.3. The van der Waals surface area contributed by atoms with E-state index in [4.69, 9.17) is 9.47 Å². The highest BCUT2D eigenvalue weighted by Crippen LogP contribution is 2.35. The number of benzene rings is 2. The third-order valence-electron chi connectivity index (χ3n) is 5.39. The molecule has 0 saturated carbocycles. The van der Waals surface area contributed by atoms with E-state index in [0.717, 1.165) is 25.3 Å². The molecule has 2 aliphatic heterocycles. The van der Waals surface area contributed by atoms with E-state index in [1.807, 2.05) is 6.07 Å². The highest BCUT2D eigenvalue weighted by Gasteiger charge is 2.23. The van der Waals surface area contributed by atoms with E-state index in [-0.39, 0.29) is 4.90 Å². The first-order valence-electron chi connectivity index (χ1n) is 9.97. The minimum Gasteiger partial charge on any atom is -0.497 e. The third-order valence-corrected chi connectivity index (χ3v) is 6.79. The molecule has 1 saturated heterocycles. The molecule has 29 heavy (non-hydrogen) atoms. The van der Waals surface area contributed by atoms with Gasteiger partial charge in [0.15, 0.2) is 0 Å². The number of fused-ring (bicyclic) bond motifs is 1. The maximum absolute atomic E-state index is 12.7. The van der Waals surface area contributed by atoms with E-state index in [1.165, 1.54) is 31.4 Å². The minimum absolute atomic E-state index is 0.182. The van der Waals surface area contributed by atoms with Crippen LogP contribution in [0.4, 0.5) is 11.4 Å². The largest absolute Gasteiger partial charge is 0.497 e. The van der Waals surface area contributed by atoms with Crippen molar-refractivity contribution in [3.8, 4) is 11.5 Å². The van der Waals surface area contributed by atoms with Crippen LogP contribution in [0.1, 0.15) is 19.3 Å². The molecule has 8 heteroatoms. The van der Waals surface area contributed by atoms with Crippen molar-refractivity contribution in [1.82, 2.24) is 5.32 Å². The SMILES string of the molecule is COc1ccc(S(=O)(=O)Nc2ccc3c(c2)OCCN3CC2CCCCN2)cc1. The van der Waals surface area contributed by atoms with Crippen LogP contribution in [0, 0.1) is 0 Å². The van der Waals surface area contributed by atoms with Crippen molar-refractivity contribution >= 4 is 21.4 Å². The van der Waals surface area contributed by atoms with E-state index < -0.39 is 10.0 Å². The van der Waals surface area contributed by atoms with Gasteiger partial charge in [-0.05, 0) is 55.8 Å². The summed E-state index contributed by atoms with van der Waals surface area (Å²) in [5, 5.41) is 3.58. The Kier molecular flexibility index (Phi) is 5.82. The van der Waals surface area contributed by atoms with Crippen molar-refractivity contribution in [1.29, 1.82) is 0 Å². The molecule has 2 aromatic rings. The van der Waals surface area contributed by atoms with Gasteiger partial charge in [-0.1, -0.05) is 6.42 Å². The van der Waals surface area contributed by atoms with E-state index >= 15 is 0 Å². The fraction of sp³-hybridized carbons (Fsp3) is 0.429. The van der Waals surface area contributed by atoms with Crippen molar-refractivity contribution in [2.24, 2.45) is 0 Å². The molecule has 1 unspecified atom stereocenters. The topological polar surface area (TPSA) is 79.9 Å². The molecule has 0 radical (unpaired) electrons. The van der Waals surface area contributed by atoms with Crippen LogP contribution in [-0.2, 0) is 10.0 Å². The van der Waals surface area contributed by atoms with Crippen LogP contribution >= 0.6 is 0 Å². The Bertz CT molecular complexity index is 941. The van der Waals surface area contributed by atoms with Crippen LogP contribution in [0.5, 0.6) is 11.5 Å². The standard InChI is InChI=1S/C21H27N3O4S/c1-27-18-6-8-19(9-7-18)29(25,26)23-16-5-10-20-21(14-16)28-13-12-24(20)15-17-4-2-3-11-22-17/h5-10,14,17,22-23H,2-4,11-13,15H2,1H3. The molecule has 0 spiro atoms. The van der Waals surface area contributed by atoms with E-state index in [9.17, 15) is 8.42 Å². The van der Waals surface area contributed by atoms with Gasteiger partial charge < -0.3 is 19.7 Å². The molecule has 2 N–H and O–H groups in total. The number of nitrogens with zero attached hydrogens (tertiary/aromatic N) is 1. The molecule has 0 amide bonds. The second kappa shape index (κ2) is 8.51. The number of hydrogen-bond donors (Lipinski definition) is 2. The Morgan fingerprint density at radius 2 is 2.03 bits per heavy atom. The van der Waals surface area contributed by atoms with Crippen LogP contribution in [0.2, 0.25) is 0 Å². The molecule has 7 nitrogen and oxygen atoms in total. The van der Waals surface area contributed by atoms with Gasteiger partial charge in [-0.3, -0.25) is 4.72 Å². The third kappa shape index (κ3) is 4.59. The van der Waals surface area contributed by atoms with Crippen LogP contribution in [0.25, 0.3) is 0 Å². The Hall–Kier alpha value is -2.45. The summed E-state index contributed by atoms with van der Waals surface area (Å²) in [6.45, 7) is 3.44. The number of methoxy groups -OCH3 is 1.